The lowest BCUT2D eigenvalue weighted by molar-refractivity contribution is -0.134. The summed E-state index contributed by atoms with van der Waals surface area (Å²) in [5.41, 5.74) is 4.83. The molecule has 0 radical (unpaired) electrons. The van der Waals surface area contributed by atoms with E-state index >= 15 is 0 Å². The Bertz CT molecular complexity index is 1330. The first kappa shape index (κ1) is 27.1. The second-order valence-corrected chi connectivity index (χ2v) is 9.76. The van der Waals surface area contributed by atoms with Crippen LogP contribution in [-0.2, 0) is 29.6 Å². The Hall–Kier alpha value is -3.98. The summed E-state index contributed by atoms with van der Waals surface area (Å²) in [4.78, 5) is 36.5. The van der Waals surface area contributed by atoms with Crippen LogP contribution < -0.4 is 0 Å². The van der Waals surface area contributed by atoms with E-state index in [1.807, 2.05) is 4.90 Å². The van der Waals surface area contributed by atoms with Crippen LogP contribution in [0.3, 0.4) is 0 Å². The number of para-hydroxylation sites is 1. The lowest BCUT2D eigenvalue weighted by atomic mass is 9.95. The molecular formula is C29H32FN3O5. The summed E-state index contributed by atoms with van der Waals surface area (Å²) in [5, 5.41) is 17.0. The number of carboxylic acids is 2. The van der Waals surface area contributed by atoms with Crippen molar-refractivity contribution in [2.24, 2.45) is 13.0 Å². The number of carbonyl (C=O) groups excluding carboxylic acids is 1. The number of fused-ring (bicyclic) bond motifs is 3. The van der Waals surface area contributed by atoms with Gasteiger partial charge in [0, 0.05) is 80.5 Å². The van der Waals surface area contributed by atoms with E-state index in [2.05, 4.69) is 40.8 Å². The molecule has 1 unspecified atom stereocenters. The minimum atomic E-state index is -1.26. The number of piperidine rings is 1. The third kappa shape index (κ3) is 6.47. The van der Waals surface area contributed by atoms with Crippen LogP contribution in [0.2, 0.25) is 0 Å². The van der Waals surface area contributed by atoms with Crippen LogP contribution in [0, 0.1) is 11.7 Å². The molecule has 5 rings (SSSR count). The number of benzene rings is 2. The number of carboxylic acid groups (broad SMARTS) is 2. The molecule has 2 aromatic carbocycles. The van der Waals surface area contributed by atoms with Gasteiger partial charge in [-0.2, -0.15) is 0 Å². The van der Waals surface area contributed by atoms with E-state index in [9.17, 15) is 18.8 Å². The summed E-state index contributed by atoms with van der Waals surface area (Å²) in [6.45, 7) is 4.66. The molecule has 3 aromatic rings. The largest absolute Gasteiger partial charge is 0.478 e. The predicted molar refractivity (Wildman–Crippen MR) is 141 cm³/mol. The molecule has 1 fully saturated rings. The maximum absolute atomic E-state index is 13.2. The molecule has 0 aliphatic carbocycles. The molecule has 0 spiro atoms. The molecule has 200 valence electrons. The minimum absolute atomic E-state index is 0.0229. The van der Waals surface area contributed by atoms with E-state index in [-0.39, 0.29) is 11.7 Å². The van der Waals surface area contributed by atoms with Gasteiger partial charge in [0.15, 0.2) is 0 Å². The standard InChI is InChI=1S/C25H28FN3O.C4H4O4/c1-27-23-7-3-2-6-21(23)22-17-28(14-12-24(22)27)15-18-5-4-13-29(16-18)25(30)19-8-10-20(26)11-9-19;5-3(6)1-2-4(7)8/h2-3,6-11,18H,4-5,12-17H2,1H3;1-2H,(H,5,6)(H,7,8)/b;2-1+. The van der Waals surface area contributed by atoms with Gasteiger partial charge in [0.1, 0.15) is 5.82 Å². The Morgan fingerprint density at radius 3 is 2.37 bits per heavy atom. The molecule has 1 aromatic heterocycles. The van der Waals surface area contributed by atoms with Gasteiger partial charge in [0.2, 0.25) is 0 Å². The second kappa shape index (κ2) is 12.0. The molecule has 2 N–H and O–H groups in total. The molecule has 3 heterocycles. The van der Waals surface area contributed by atoms with E-state index in [4.69, 9.17) is 10.2 Å². The van der Waals surface area contributed by atoms with Crippen LogP contribution in [0.25, 0.3) is 10.9 Å². The lowest BCUT2D eigenvalue weighted by Crippen LogP contribution is -2.44. The molecule has 2 aliphatic rings. The highest BCUT2D eigenvalue weighted by Crippen LogP contribution is 2.31. The number of hydrogen-bond acceptors (Lipinski definition) is 4. The third-order valence-corrected chi connectivity index (χ3v) is 7.17. The van der Waals surface area contributed by atoms with Crippen molar-refractivity contribution >= 4 is 28.7 Å². The fraction of sp³-hybridized carbons (Fsp3) is 0.345. The van der Waals surface area contributed by atoms with Gasteiger partial charge in [-0.1, -0.05) is 18.2 Å². The highest BCUT2D eigenvalue weighted by atomic mass is 19.1. The summed E-state index contributed by atoms with van der Waals surface area (Å²) < 4.78 is 15.5. The van der Waals surface area contributed by atoms with Gasteiger partial charge in [-0.15, -0.1) is 0 Å². The van der Waals surface area contributed by atoms with Crippen molar-refractivity contribution in [3.63, 3.8) is 0 Å². The molecular weight excluding hydrogens is 489 g/mol. The molecule has 2 aliphatic heterocycles. The minimum Gasteiger partial charge on any atom is -0.478 e. The number of nitrogens with zero attached hydrogens (tertiary/aromatic N) is 3. The number of hydrogen-bond donors (Lipinski definition) is 2. The van der Waals surface area contributed by atoms with Crippen molar-refractivity contribution in [3.05, 3.63) is 83.3 Å². The first-order chi connectivity index (χ1) is 18.2. The van der Waals surface area contributed by atoms with Gasteiger partial charge in [-0.05, 0) is 54.7 Å². The number of aliphatic carboxylic acids is 2. The van der Waals surface area contributed by atoms with Crippen LogP contribution in [0.4, 0.5) is 4.39 Å². The monoisotopic (exact) mass is 521 g/mol. The van der Waals surface area contributed by atoms with Crippen LogP contribution in [0.15, 0.2) is 60.7 Å². The zero-order valence-corrected chi connectivity index (χ0v) is 21.3. The number of carbonyl (C=O) groups is 3. The van der Waals surface area contributed by atoms with Crippen LogP contribution in [0.1, 0.15) is 34.5 Å². The Labute approximate surface area is 220 Å². The van der Waals surface area contributed by atoms with E-state index < -0.39 is 11.9 Å². The smallest absolute Gasteiger partial charge is 0.328 e. The fourth-order valence-electron chi connectivity index (χ4n) is 5.42. The number of likely N-dealkylation sites (tertiary alicyclic amines) is 1. The van der Waals surface area contributed by atoms with E-state index in [1.54, 1.807) is 12.1 Å². The number of aryl methyl sites for hydroxylation is 1. The Morgan fingerprint density at radius 2 is 1.68 bits per heavy atom. The molecule has 1 saturated heterocycles. The zero-order chi connectivity index (χ0) is 27.2. The van der Waals surface area contributed by atoms with E-state index in [0.717, 1.165) is 52.0 Å². The average Bonchev–Trinajstić information content (AvgIpc) is 3.19. The maximum atomic E-state index is 13.2. The molecule has 1 atom stereocenters. The van der Waals surface area contributed by atoms with Crippen molar-refractivity contribution < 1.29 is 29.0 Å². The first-order valence-corrected chi connectivity index (χ1v) is 12.7. The van der Waals surface area contributed by atoms with E-state index in [0.29, 0.717) is 23.6 Å². The quantitative estimate of drug-likeness (QED) is 0.493. The predicted octanol–water partition coefficient (Wildman–Crippen LogP) is 3.94. The molecule has 9 heteroatoms. The van der Waals surface area contributed by atoms with Gasteiger partial charge in [0.05, 0.1) is 0 Å². The van der Waals surface area contributed by atoms with Crippen molar-refractivity contribution in [2.75, 3.05) is 26.2 Å². The number of rotatable bonds is 5. The van der Waals surface area contributed by atoms with Crippen molar-refractivity contribution in [2.45, 2.75) is 25.8 Å². The Kier molecular flexibility index (Phi) is 8.58. The van der Waals surface area contributed by atoms with Crippen molar-refractivity contribution in [3.8, 4) is 0 Å². The summed E-state index contributed by atoms with van der Waals surface area (Å²) in [6.07, 6.45) is 4.38. The number of halogens is 1. The Balaban J connectivity index is 0.000000368. The van der Waals surface area contributed by atoms with Crippen molar-refractivity contribution in [1.82, 2.24) is 14.4 Å². The van der Waals surface area contributed by atoms with Crippen LogP contribution in [-0.4, -0.2) is 68.6 Å². The molecule has 0 bridgehead atoms. The normalized spacial score (nSPS) is 17.6. The number of aromatic nitrogens is 1. The van der Waals surface area contributed by atoms with Crippen LogP contribution >= 0.6 is 0 Å². The first-order valence-electron chi connectivity index (χ1n) is 12.7. The van der Waals surface area contributed by atoms with Gasteiger partial charge in [-0.25, -0.2) is 14.0 Å². The van der Waals surface area contributed by atoms with Gasteiger partial charge >= 0.3 is 11.9 Å². The third-order valence-electron chi connectivity index (χ3n) is 7.17. The highest BCUT2D eigenvalue weighted by molar-refractivity contribution is 5.94. The summed E-state index contributed by atoms with van der Waals surface area (Å²) in [7, 11) is 2.18. The van der Waals surface area contributed by atoms with Gasteiger partial charge < -0.3 is 19.7 Å². The maximum Gasteiger partial charge on any atom is 0.328 e. The number of amides is 1. The molecule has 1 amide bonds. The SMILES string of the molecule is Cn1c2c(c3ccccc31)CN(CC1CCCN(C(=O)c3ccc(F)cc3)C1)CC2.O=C(O)/C=C/C(=O)O. The molecule has 38 heavy (non-hydrogen) atoms. The van der Waals surface area contributed by atoms with Crippen LogP contribution in [0.5, 0.6) is 0 Å². The second-order valence-electron chi connectivity index (χ2n) is 9.76. The summed E-state index contributed by atoms with van der Waals surface area (Å²) in [5.74, 6) is -2.31. The van der Waals surface area contributed by atoms with E-state index in [1.165, 1.54) is 34.3 Å². The molecule has 0 saturated carbocycles. The lowest BCUT2D eigenvalue weighted by Gasteiger charge is -2.37. The summed E-state index contributed by atoms with van der Waals surface area (Å²) in [6, 6.07) is 14.6. The topological polar surface area (TPSA) is 103 Å². The zero-order valence-electron chi connectivity index (χ0n) is 21.3. The fourth-order valence-corrected chi connectivity index (χ4v) is 5.42. The van der Waals surface area contributed by atoms with Gasteiger partial charge in [0.25, 0.3) is 5.91 Å². The van der Waals surface area contributed by atoms with Crippen molar-refractivity contribution in [1.29, 1.82) is 0 Å². The highest BCUT2D eigenvalue weighted by Gasteiger charge is 2.28. The molecule has 8 nitrogen and oxygen atoms in total. The summed E-state index contributed by atoms with van der Waals surface area (Å²) >= 11 is 0. The Morgan fingerprint density at radius 1 is 1.00 bits per heavy atom. The van der Waals surface area contributed by atoms with Gasteiger partial charge in [-0.3, -0.25) is 9.69 Å². The average molecular weight is 522 g/mol.